The van der Waals surface area contributed by atoms with Crippen LogP contribution in [0.3, 0.4) is 0 Å². The van der Waals surface area contributed by atoms with Crippen molar-refractivity contribution in [3.05, 3.63) is 41.7 Å². The van der Waals surface area contributed by atoms with Gasteiger partial charge in [-0.1, -0.05) is 29.8 Å². The lowest BCUT2D eigenvalue weighted by atomic mass is 9.90. The van der Waals surface area contributed by atoms with Gasteiger partial charge in [-0.25, -0.2) is 23.5 Å². The Balaban J connectivity index is 1.25. The van der Waals surface area contributed by atoms with Crippen LogP contribution in [0, 0.1) is 0 Å². The number of aromatic nitrogens is 3. The molecule has 2 amide bonds. The number of rotatable bonds is 5. The Bertz CT molecular complexity index is 1410. The molecule has 3 heterocycles. The maximum absolute atomic E-state index is 14.3. The molecule has 214 valence electrons. The lowest BCUT2D eigenvalue weighted by molar-refractivity contribution is -0.126. The van der Waals surface area contributed by atoms with E-state index in [1.54, 1.807) is 27.0 Å². The molecule has 2 fully saturated rings. The van der Waals surface area contributed by atoms with E-state index in [-0.39, 0.29) is 12.1 Å². The fraction of sp³-hybridized carbons (Fsp3) is 0.500. The smallest absolute Gasteiger partial charge is 0.411 e. The van der Waals surface area contributed by atoms with Crippen LogP contribution in [0.2, 0.25) is 5.02 Å². The minimum atomic E-state index is -3.16. The molecule has 5 rings (SSSR count). The van der Waals surface area contributed by atoms with E-state index in [0.717, 1.165) is 34.2 Å². The number of carbonyl (C=O) groups is 2. The summed E-state index contributed by atoms with van der Waals surface area (Å²) in [5.41, 5.74) is 1.57. The first-order valence-corrected chi connectivity index (χ1v) is 13.8. The zero-order chi connectivity index (χ0) is 28.7. The minimum Gasteiger partial charge on any atom is -0.444 e. The number of aromatic amines is 1. The molecule has 3 aromatic rings. The molecule has 2 aromatic heterocycles. The Hall–Kier alpha value is -3.47. The molecule has 0 bridgehead atoms. The average Bonchev–Trinajstić information content (AvgIpc) is 3.45. The zero-order valence-corrected chi connectivity index (χ0v) is 23.4. The third kappa shape index (κ3) is 6.29. The number of likely N-dealkylation sites (tertiary alicyclic amines) is 1. The molecule has 1 aromatic carbocycles. The van der Waals surface area contributed by atoms with Gasteiger partial charge in [-0.3, -0.25) is 9.69 Å². The van der Waals surface area contributed by atoms with Crippen LogP contribution in [-0.4, -0.2) is 68.0 Å². The molecule has 0 radical (unpaired) electrons. The number of carbonyl (C=O) groups excluding carboxylic acids is 2. The molecule has 3 N–H and O–H groups in total. The topological polar surface area (TPSA) is 112 Å². The van der Waals surface area contributed by atoms with E-state index in [1.165, 1.54) is 0 Å². The van der Waals surface area contributed by atoms with Crippen LogP contribution in [0.15, 0.2) is 36.7 Å². The number of halogens is 3. The van der Waals surface area contributed by atoms with E-state index < -0.39 is 42.5 Å². The van der Waals surface area contributed by atoms with E-state index in [4.69, 9.17) is 16.3 Å². The number of para-hydroxylation sites is 1. The maximum Gasteiger partial charge on any atom is 0.411 e. The number of ether oxygens (including phenoxy) is 1. The molecule has 1 saturated heterocycles. The van der Waals surface area contributed by atoms with Gasteiger partial charge in [0, 0.05) is 41.2 Å². The number of amides is 2. The van der Waals surface area contributed by atoms with Crippen molar-refractivity contribution in [3.8, 4) is 11.3 Å². The van der Waals surface area contributed by atoms with Gasteiger partial charge in [0.25, 0.3) is 5.92 Å². The maximum atomic E-state index is 14.3. The van der Waals surface area contributed by atoms with Crippen LogP contribution >= 0.6 is 11.6 Å². The normalized spacial score (nSPS) is 22.8. The third-order valence-electron chi connectivity index (χ3n) is 7.14. The number of nitrogens with one attached hydrogen (secondary N) is 3. The van der Waals surface area contributed by atoms with Gasteiger partial charge in [-0.05, 0) is 52.5 Å². The summed E-state index contributed by atoms with van der Waals surface area (Å²) >= 11 is 6.46. The highest BCUT2D eigenvalue weighted by Crippen LogP contribution is 2.35. The predicted octanol–water partition coefficient (Wildman–Crippen LogP) is 5.76. The number of fused-ring (bicyclic) bond motifs is 1. The van der Waals surface area contributed by atoms with Gasteiger partial charge in [-0.2, -0.15) is 0 Å². The van der Waals surface area contributed by atoms with Crippen LogP contribution < -0.4 is 10.6 Å². The number of alkyl halides is 2. The fourth-order valence-electron chi connectivity index (χ4n) is 5.39. The summed E-state index contributed by atoms with van der Waals surface area (Å²) in [7, 11) is 0. The highest BCUT2D eigenvalue weighted by molar-refractivity contribution is 6.33. The first-order chi connectivity index (χ1) is 18.9. The van der Waals surface area contributed by atoms with Crippen molar-refractivity contribution >= 4 is 40.5 Å². The standard InChI is InChI=1S/C28H33ClF2N6O3/c1-27(2,3)40-26(39)37-15-28(30,31)12-22(37)24(38)34-16-7-6-8-17(11-16)35-25-33-14-20(29)23(36-25)19-13-32-21-10-5-4-9-18(19)21/h4-5,9-10,13-14,16-17,22,32H,6-8,11-12,15H2,1-3H3,(H,34,38)(H,33,35,36)/t16-,17+,22-/m0/s1. The summed E-state index contributed by atoms with van der Waals surface area (Å²) in [6, 6.07) is 6.26. The van der Waals surface area contributed by atoms with E-state index in [9.17, 15) is 18.4 Å². The monoisotopic (exact) mass is 574 g/mol. The zero-order valence-electron chi connectivity index (χ0n) is 22.6. The summed E-state index contributed by atoms with van der Waals surface area (Å²) in [6.07, 6.45) is 4.65. The van der Waals surface area contributed by atoms with E-state index in [2.05, 4.69) is 25.6 Å². The SMILES string of the molecule is CC(C)(C)OC(=O)N1CC(F)(F)C[C@H]1C(=O)N[C@H]1CCC[C@@H](Nc2ncc(Cl)c(-c3c[nH]c4ccccc34)n2)C1. The second-order valence-corrected chi connectivity index (χ2v) is 11.9. The molecule has 12 heteroatoms. The van der Waals surface area contributed by atoms with E-state index >= 15 is 0 Å². The molecule has 1 aliphatic heterocycles. The number of nitrogens with zero attached hydrogens (tertiary/aromatic N) is 3. The summed E-state index contributed by atoms with van der Waals surface area (Å²) in [5, 5.41) is 7.66. The van der Waals surface area contributed by atoms with Crippen LogP contribution in [-0.2, 0) is 9.53 Å². The number of H-pyrrole nitrogens is 1. The van der Waals surface area contributed by atoms with Gasteiger partial charge in [0.1, 0.15) is 11.6 Å². The number of benzene rings is 1. The molecule has 0 unspecified atom stereocenters. The van der Waals surface area contributed by atoms with Gasteiger partial charge in [-0.15, -0.1) is 0 Å². The Morgan fingerprint density at radius 2 is 1.95 bits per heavy atom. The Morgan fingerprint density at radius 1 is 1.20 bits per heavy atom. The first kappa shape index (κ1) is 28.1. The van der Waals surface area contributed by atoms with Crippen molar-refractivity contribution in [2.45, 2.75) is 82.5 Å². The lowest BCUT2D eigenvalue weighted by Gasteiger charge is -2.32. The molecule has 40 heavy (non-hydrogen) atoms. The van der Waals surface area contributed by atoms with Gasteiger partial charge in [0.15, 0.2) is 0 Å². The van der Waals surface area contributed by atoms with Gasteiger partial charge in [0.2, 0.25) is 11.9 Å². The Morgan fingerprint density at radius 3 is 2.73 bits per heavy atom. The van der Waals surface area contributed by atoms with E-state index in [0.29, 0.717) is 29.5 Å². The number of anilines is 1. The Labute approximate surface area is 236 Å². The van der Waals surface area contributed by atoms with Crippen molar-refractivity contribution in [3.63, 3.8) is 0 Å². The summed E-state index contributed by atoms with van der Waals surface area (Å²) < 4.78 is 33.8. The summed E-state index contributed by atoms with van der Waals surface area (Å²) in [6.45, 7) is 4.10. The molecule has 1 aliphatic carbocycles. The van der Waals surface area contributed by atoms with Crippen LogP contribution in [0.1, 0.15) is 52.9 Å². The molecule has 3 atom stereocenters. The number of hydrogen-bond acceptors (Lipinski definition) is 6. The van der Waals surface area contributed by atoms with Crippen LogP contribution in [0.4, 0.5) is 19.5 Å². The highest BCUT2D eigenvalue weighted by Gasteiger charge is 2.51. The first-order valence-electron chi connectivity index (χ1n) is 13.4. The summed E-state index contributed by atoms with van der Waals surface area (Å²) in [5.74, 6) is -3.35. The second kappa shape index (κ2) is 10.8. The third-order valence-corrected chi connectivity index (χ3v) is 7.42. The largest absolute Gasteiger partial charge is 0.444 e. The van der Waals surface area contributed by atoms with Crippen molar-refractivity contribution in [1.29, 1.82) is 0 Å². The second-order valence-electron chi connectivity index (χ2n) is 11.5. The van der Waals surface area contributed by atoms with Gasteiger partial charge in [0.05, 0.1) is 23.5 Å². The number of hydrogen-bond donors (Lipinski definition) is 3. The van der Waals surface area contributed by atoms with Gasteiger partial charge < -0.3 is 20.4 Å². The van der Waals surface area contributed by atoms with E-state index in [1.807, 2.05) is 30.5 Å². The van der Waals surface area contributed by atoms with Crippen molar-refractivity contribution < 1.29 is 23.1 Å². The predicted molar refractivity (Wildman–Crippen MR) is 148 cm³/mol. The van der Waals surface area contributed by atoms with Crippen LogP contribution in [0.5, 0.6) is 0 Å². The fourth-order valence-corrected chi connectivity index (χ4v) is 5.58. The van der Waals surface area contributed by atoms with Crippen molar-refractivity contribution in [2.75, 3.05) is 11.9 Å². The lowest BCUT2D eigenvalue weighted by Crippen LogP contribution is -2.51. The van der Waals surface area contributed by atoms with Crippen LogP contribution in [0.25, 0.3) is 22.2 Å². The molecule has 1 saturated carbocycles. The quantitative estimate of drug-likeness (QED) is 0.357. The summed E-state index contributed by atoms with van der Waals surface area (Å²) in [4.78, 5) is 38.8. The Kier molecular flexibility index (Phi) is 7.60. The van der Waals surface area contributed by atoms with Crippen molar-refractivity contribution in [2.24, 2.45) is 0 Å². The minimum absolute atomic E-state index is 0.0528. The molecular weight excluding hydrogens is 542 g/mol. The molecular formula is C28H33ClF2N6O3. The van der Waals surface area contributed by atoms with Gasteiger partial charge >= 0.3 is 6.09 Å². The molecule has 2 aliphatic rings. The molecule has 9 nitrogen and oxygen atoms in total. The average molecular weight is 575 g/mol. The highest BCUT2D eigenvalue weighted by atomic mass is 35.5. The van der Waals surface area contributed by atoms with Crippen molar-refractivity contribution in [1.82, 2.24) is 25.2 Å². The molecule has 0 spiro atoms.